The number of nitrogens with zero attached hydrogens (tertiary/aromatic N) is 2. The molecule has 172 valence electrons. The molecule has 32 heavy (non-hydrogen) atoms. The van der Waals surface area contributed by atoms with Crippen LogP contribution in [0.2, 0.25) is 0 Å². The molecular formula is C24H32FN5O2. The van der Waals surface area contributed by atoms with Gasteiger partial charge in [-0.25, -0.2) is 9.18 Å². The number of hydrogen-bond donors (Lipinski definition) is 3. The van der Waals surface area contributed by atoms with Gasteiger partial charge in [0.1, 0.15) is 5.82 Å². The second-order valence-electron chi connectivity index (χ2n) is 8.05. The second-order valence-corrected chi connectivity index (χ2v) is 8.05. The molecule has 7 nitrogen and oxygen atoms in total. The topological polar surface area (TPSA) is 76.7 Å². The van der Waals surface area contributed by atoms with Gasteiger partial charge in [0.05, 0.1) is 6.04 Å². The zero-order valence-corrected chi connectivity index (χ0v) is 19.2. The number of piperazine rings is 1. The molecule has 0 bridgehead atoms. The summed E-state index contributed by atoms with van der Waals surface area (Å²) in [6, 6.07) is 9.05. The number of likely N-dealkylation sites (N-methyl/N-ethyl adjacent to an activating group) is 1. The lowest BCUT2D eigenvalue weighted by Crippen LogP contribution is -2.46. The van der Waals surface area contributed by atoms with E-state index in [0.717, 1.165) is 49.5 Å². The number of benzene rings is 2. The van der Waals surface area contributed by atoms with Crippen molar-refractivity contribution in [3.8, 4) is 0 Å². The predicted octanol–water partition coefficient (Wildman–Crippen LogP) is 3.52. The summed E-state index contributed by atoms with van der Waals surface area (Å²) in [5.41, 5.74) is 3.60. The van der Waals surface area contributed by atoms with E-state index in [9.17, 15) is 14.0 Å². The highest BCUT2D eigenvalue weighted by Crippen LogP contribution is 2.28. The van der Waals surface area contributed by atoms with Gasteiger partial charge in [-0.2, -0.15) is 0 Å². The highest BCUT2D eigenvalue weighted by atomic mass is 19.1. The highest BCUT2D eigenvalue weighted by molar-refractivity contribution is 5.96. The molecule has 1 aliphatic rings. The molecule has 3 N–H and O–H groups in total. The number of carbonyl (C=O) groups excluding carboxylic acids is 2. The van der Waals surface area contributed by atoms with Gasteiger partial charge < -0.3 is 25.8 Å². The summed E-state index contributed by atoms with van der Waals surface area (Å²) >= 11 is 0. The number of amides is 3. The zero-order chi connectivity index (χ0) is 23.3. The van der Waals surface area contributed by atoms with Crippen molar-refractivity contribution in [2.75, 3.05) is 50.0 Å². The first kappa shape index (κ1) is 23.5. The van der Waals surface area contributed by atoms with Gasteiger partial charge >= 0.3 is 6.03 Å². The van der Waals surface area contributed by atoms with Crippen LogP contribution in [-0.2, 0) is 0 Å². The smallest absolute Gasteiger partial charge is 0.319 e. The van der Waals surface area contributed by atoms with Crippen LogP contribution in [-0.4, -0.2) is 56.6 Å². The van der Waals surface area contributed by atoms with E-state index < -0.39 is 6.04 Å². The van der Waals surface area contributed by atoms with Crippen LogP contribution in [0.3, 0.4) is 0 Å². The minimum absolute atomic E-state index is 0.184. The van der Waals surface area contributed by atoms with Crippen molar-refractivity contribution in [1.82, 2.24) is 15.5 Å². The number of anilines is 2. The Balaban J connectivity index is 1.70. The number of halogens is 1. The molecule has 0 radical (unpaired) electrons. The number of aryl methyl sites for hydroxylation is 1. The Kier molecular flexibility index (Phi) is 7.69. The van der Waals surface area contributed by atoms with Gasteiger partial charge in [-0.05, 0) is 62.4 Å². The standard InChI is InChI=1S/C24H32FN5O2/c1-5-29-10-12-30(13-11-29)22-9-7-19(25)15-20(22)17(3)27-24(32)28-21-8-6-18(14-16(21)2)23(31)26-4/h6-9,14-15,17H,5,10-13H2,1-4H3,(H,26,31)(H2,27,28,32)/t17-/m1/s1. The summed E-state index contributed by atoms with van der Waals surface area (Å²) in [4.78, 5) is 29.1. The summed E-state index contributed by atoms with van der Waals surface area (Å²) in [5, 5.41) is 8.32. The van der Waals surface area contributed by atoms with Crippen molar-refractivity contribution in [2.45, 2.75) is 26.8 Å². The largest absolute Gasteiger partial charge is 0.369 e. The summed E-state index contributed by atoms with van der Waals surface area (Å²) in [6.07, 6.45) is 0. The van der Waals surface area contributed by atoms with Crippen LogP contribution >= 0.6 is 0 Å². The number of urea groups is 1. The average Bonchev–Trinajstić information content (AvgIpc) is 2.79. The lowest BCUT2D eigenvalue weighted by atomic mass is 10.0. The molecular weight excluding hydrogens is 409 g/mol. The molecule has 0 spiro atoms. The maximum Gasteiger partial charge on any atom is 0.319 e. The first-order valence-corrected chi connectivity index (χ1v) is 11.0. The van der Waals surface area contributed by atoms with Crippen molar-refractivity contribution in [3.63, 3.8) is 0 Å². The molecule has 2 aromatic carbocycles. The van der Waals surface area contributed by atoms with E-state index in [1.807, 2.05) is 13.8 Å². The van der Waals surface area contributed by atoms with E-state index in [-0.39, 0.29) is 17.8 Å². The van der Waals surface area contributed by atoms with Crippen molar-refractivity contribution < 1.29 is 14.0 Å². The van der Waals surface area contributed by atoms with E-state index in [1.54, 1.807) is 31.3 Å². The third-order valence-electron chi connectivity index (χ3n) is 5.93. The third kappa shape index (κ3) is 5.56. The fourth-order valence-electron chi connectivity index (χ4n) is 3.99. The normalized spacial score (nSPS) is 15.2. The fraction of sp³-hybridized carbons (Fsp3) is 0.417. The number of nitrogens with one attached hydrogen (secondary N) is 3. The van der Waals surface area contributed by atoms with Crippen molar-refractivity contribution in [2.24, 2.45) is 0 Å². The molecule has 2 aromatic rings. The highest BCUT2D eigenvalue weighted by Gasteiger charge is 2.22. The van der Waals surface area contributed by atoms with Crippen molar-refractivity contribution in [3.05, 3.63) is 58.9 Å². The summed E-state index contributed by atoms with van der Waals surface area (Å²) < 4.78 is 14.1. The maximum atomic E-state index is 14.1. The van der Waals surface area contributed by atoms with E-state index >= 15 is 0 Å². The molecule has 1 aliphatic heterocycles. The third-order valence-corrected chi connectivity index (χ3v) is 5.93. The maximum absolute atomic E-state index is 14.1. The van der Waals surface area contributed by atoms with Gasteiger partial charge in [0.25, 0.3) is 5.91 Å². The Bertz CT molecular complexity index is 973. The van der Waals surface area contributed by atoms with Crippen LogP contribution in [0.25, 0.3) is 0 Å². The molecule has 8 heteroatoms. The molecule has 1 atom stereocenters. The van der Waals surface area contributed by atoms with Crippen LogP contribution in [0.4, 0.5) is 20.6 Å². The second kappa shape index (κ2) is 10.5. The van der Waals surface area contributed by atoms with Crippen LogP contribution < -0.4 is 20.9 Å². The Morgan fingerprint density at radius 1 is 1.09 bits per heavy atom. The molecule has 0 aliphatic carbocycles. The van der Waals surface area contributed by atoms with Gasteiger partial charge in [-0.3, -0.25) is 4.79 Å². The SMILES string of the molecule is CCN1CCN(c2ccc(F)cc2[C@@H](C)NC(=O)Nc2ccc(C(=O)NC)cc2C)CC1. The molecule has 0 saturated carbocycles. The van der Waals surface area contributed by atoms with Crippen molar-refractivity contribution in [1.29, 1.82) is 0 Å². The molecule has 1 heterocycles. The van der Waals surface area contributed by atoms with Gasteiger partial charge in [0, 0.05) is 55.7 Å². The quantitative estimate of drug-likeness (QED) is 0.641. The molecule has 0 aromatic heterocycles. The summed E-state index contributed by atoms with van der Waals surface area (Å²) in [6.45, 7) is 10.5. The lowest BCUT2D eigenvalue weighted by Gasteiger charge is -2.37. The Labute approximate surface area is 189 Å². The minimum Gasteiger partial charge on any atom is -0.369 e. The predicted molar refractivity (Wildman–Crippen MR) is 126 cm³/mol. The van der Waals surface area contributed by atoms with Crippen LogP contribution in [0, 0.1) is 12.7 Å². The number of rotatable bonds is 6. The molecule has 3 amide bonds. The van der Waals surface area contributed by atoms with Crippen LogP contribution in [0.5, 0.6) is 0 Å². The van der Waals surface area contributed by atoms with Gasteiger partial charge in [-0.1, -0.05) is 6.92 Å². The zero-order valence-electron chi connectivity index (χ0n) is 19.2. The molecule has 3 rings (SSSR count). The summed E-state index contributed by atoms with van der Waals surface area (Å²) in [5.74, 6) is -0.512. The van der Waals surface area contributed by atoms with Gasteiger partial charge in [0.2, 0.25) is 0 Å². The first-order valence-electron chi connectivity index (χ1n) is 11.0. The van der Waals surface area contributed by atoms with E-state index in [1.165, 1.54) is 12.1 Å². The van der Waals surface area contributed by atoms with Crippen molar-refractivity contribution >= 4 is 23.3 Å². The van der Waals surface area contributed by atoms with E-state index in [0.29, 0.717) is 11.3 Å². The lowest BCUT2D eigenvalue weighted by molar-refractivity contribution is 0.0963. The van der Waals surface area contributed by atoms with Gasteiger partial charge in [-0.15, -0.1) is 0 Å². The Morgan fingerprint density at radius 3 is 2.44 bits per heavy atom. The minimum atomic E-state index is -0.393. The molecule has 0 unspecified atom stereocenters. The van der Waals surface area contributed by atoms with Crippen LogP contribution in [0.15, 0.2) is 36.4 Å². The molecule has 1 fully saturated rings. The number of hydrogen-bond acceptors (Lipinski definition) is 4. The molecule has 1 saturated heterocycles. The van der Waals surface area contributed by atoms with Gasteiger partial charge in [0.15, 0.2) is 0 Å². The van der Waals surface area contributed by atoms with Crippen LogP contribution in [0.1, 0.15) is 41.4 Å². The fourth-order valence-corrected chi connectivity index (χ4v) is 3.99. The first-order chi connectivity index (χ1) is 15.3. The number of carbonyl (C=O) groups is 2. The summed E-state index contributed by atoms with van der Waals surface area (Å²) in [7, 11) is 1.57. The average molecular weight is 442 g/mol. The Morgan fingerprint density at radius 2 is 1.81 bits per heavy atom. The van der Waals surface area contributed by atoms with E-state index in [2.05, 4.69) is 32.7 Å². The van der Waals surface area contributed by atoms with E-state index in [4.69, 9.17) is 0 Å². The Hall–Kier alpha value is -3.13. The monoisotopic (exact) mass is 441 g/mol.